The van der Waals surface area contributed by atoms with Crippen molar-refractivity contribution in [1.82, 2.24) is 9.97 Å². The van der Waals surface area contributed by atoms with Crippen LogP contribution in [0.15, 0.2) is 6.20 Å². The maximum absolute atomic E-state index is 12.0. The number of aliphatic hydroxyl groups excluding tert-OH is 1. The van der Waals surface area contributed by atoms with Crippen molar-refractivity contribution in [2.45, 2.75) is 38.7 Å². The summed E-state index contributed by atoms with van der Waals surface area (Å²) in [7, 11) is 3.85. The normalized spacial score (nSPS) is 24.6. The number of aliphatic carboxylic acids is 1. The van der Waals surface area contributed by atoms with E-state index in [2.05, 4.69) is 9.97 Å². The Kier molecular flexibility index (Phi) is 6.59. The monoisotopic (exact) mass is 380 g/mol. The van der Waals surface area contributed by atoms with Gasteiger partial charge in [0.2, 0.25) is 5.95 Å². The van der Waals surface area contributed by atoms with E-state index >= 15 is 0 Å². The molecule has 0 radical (unpaired) electrons. The van der Waals surface area contributed by atoms with E-state index in [1.165, 1.54) is 0 Å². The van der Waals surface area contributed by atoms with Crippen molar-refractivity contribution >= 4 is 24.2 Å². The molecule has 9 heteroatoms. The zero-order valence-corrected chi connectivity index (χ0v) is 16.0. The van der Waals surface area contributed by atoms with Crippen molar-refractivity contribution in [1.29, 1.82) is 0 Å². The Hall–Kier alpha value is -2.42. The van der Waals surface area contributed by atoms with Gasteiger partial charge in [0.1, 0.15) is 11.2 Å². The quantitative estimate of drug-likeness (QED) is 0.641. The van der Waals surface area contributed by atoms with E-state index in [0.29, 0.717) is 31.3 Å². The van der Waals surface area contributed by atoms with Crippen molar-refractivity contribution in [3.05, 3.63) is 11.8 Å². The number of aryl methyl sites for hydroxylation is 1. The van der Waals surface area contributed by atoms with Gasteiger partial charge in [0.25, 0.3) is 6.47 Å². The van der Waals surface area contributed by atoms with Crippen LogP contribution in [0.2, 0.25) is 0 Å². The standard InChI is InChI=1S/C17H26N4O3.CH2O2/c1-11-9-18-16(19-14(11)20(2)3)21-7-6-13(22)17(10-21,15(23)24)8-12-4-5-12;2-1-3/h9,12-13,22H,4-8,10H2,1-3H3,(H,23,24);1H,(H,2,3)/t13-,17+;/m1./s1. The Morgan fingerprint density at radius 2 is 2.04 bits per heavy atom. The Labute approximate surface area is 158 Å². The number of carboxylic acids is 1. The number of carboxylic acid groups (broad SMARTS) is 2. The highest BCUT2D eigenvalue weighted by molar-refractivity contribution is 5.77. The van der Waals surface area contributed by atoms with E-state index in [1.54, 1.807) is 6.20 Å². The molecule has 2 atom stereocenters. The van der Waals surface area contributed by atoms with Crippen LogP contribution in [0.1, 0.15) is 31.2 Å². The van der Waals surface area contributed by atoms with E-state index in [-0.39, 0.29) is 13.0 Å². The van der Waals surface area contributed by atoms with Crippen molar-refractivity contribution in [3.8, 4) is 0 Å². The number of carbonyl (C=O) groups is 2. The minimum Gasteiger partial charge on any atom is -0.483 e. The largest absolute Gasteiger partial charge is 0.483 e. The molecule has 1 aromatic heterocycles. The van der Waals surface area contributed by atoms with E-state index in [0.717, 1.165) is 24.2 Å². The number of aliphatic hydroxyl groups is 1. The summed E-state index contributed by atoms with van der Waals surface area (Å²) in [4.78, 5) is 33.2. The van der Waals surface area contributed by atoms with Gasteiger partial charge < -0.3 is 25.1 Å². The molecule has 0 spiro atoms. The molecule has 3 N–H and O–H groups in total. The fraction of sp³-hybridized carbons (Fsp3) is 0.667. The highest BCUT2D eigenvalue weighted by Gasteiger charge is 2.52. The molecule has 1 aliphatic heterocycles. The third-order valence-corrected chi connectivity index (χ3v) is 5.20. The summed E-state index contributed by atoms with van der Waals surface area (Å²) >= 11 is 0. The van der Waals surface area contributed by atoms with Crippen LogP contribution in [-0.2, 0) is 9.59 Å². The summed E-state index contributed by atoms with van der Waals surface area (Å²) in [6.45, 7) is 2.53. The molecular weight excluding hydrogens is 352 g/mol. The number of hydrogen-bond acceptors (Lipinski definition) is 7. The summed E-state index contributed by atoms with van der Waals surface area (Å²) in [5.41, 5.74) is -0.144. The fourth-order valence-electron chi connectivity index (χ4n) is 3.61. The van der Waals surface area contributed by atoms with Gasteiger partial charge in [-0.25, -0.2) is 4.98 Å². The average Bonchev–Trinajstić information content (AvgIpc) is 3.41. The van der Waals surface area contributed by atoms with Crippen molar-refractivity contribution < 1.29 is 24.9 Å². The van der Waals surface area contributed by atoms with Gasteiger partial charge >= 0.3 is 5.97 Å². The number of rotatable bonds is 5. The Morgan fingerprint density at radius 1 is 1.41 bits per heavy atom. The van der Waals surface area contributed by atoms with Gasteiger partial charge in [-0.2, -0.15) is 4.98 Å². The maximum atomic E-state index is 12.0. The first-order chi connectivity index (χ1) is 12.7. The van der Waals surface area contributed by atoms with Gasteiger partial charge in [0, 0.05) is 38.9 Å². The van der Waals surface area contributed by atoms with Crippen LogP contribution in [0.25, 0.3) is 0 Å². The lowest BCUT2D eigenvalue weighted by Gasteiger charge is -2.43. The lowest BCUT2D eigenvalue weighted by Crippen LogP contribution is -2.56. The van der Waals surface area contributed by atoms with Gasteiger partial charge in [0.15, 0.2) is 0 Å². The third kappa shape index (κ3) is 4.65. The zero-order valence-electron chi connectivity index (χ0n) is 16.0. The molecule has 0 aromatic carbocycles. The van der Waals surface area contributed by atoms with Crippen LogP contribution >= 0.6 is 0 Å². The summed E-state index contributed by atoms with van der Waals surface area (Å²) < 4.78 is 0. The Balaban J connectivity index is 0.000000817. The fourth-order valence-corrected chi connectivity index (χ4v) is 3.61. The minimum atomic E-state index is -1.12. The predicted molar refractivity (Wildman–Crippen MR) is 100 cm³/mol. The number of nitrogens with zero attached hydrogens (tertiary/aromatic N) is 4. The first kappa shape index (κ1) is 20.9. The molecule has 1 aliphatic carbocycles. The number of piperidine rings is 1. The second-order valence-corrected chi connectivity index (χ2v) is 7.51. The maximum Gasteiger partial charge on any atom is 0.314 e. The third-order valence-electron chi connectivity index (χ3n) is 5.20. The van der Waals surface area contributed by atoms with Gasteiger partial charge in [-0.1, -0.05) is 12.8 Å². The molecule has 1 saturated carbocycles. The number of hydrogen-bond donors (Lipinski definition) is 3. The molecule has 1 saturated heterocycles. The first-order valence-corrected chi connectivity index (χ1v) is 9.00. The van der Waals surface area contributed by atoms with E-state index in [4.69, 9.17) is 9.90 Å². The van der Waals surface area contributed by atoms with Crippen LogP contribution in [0.3, 0.4) is 0 Å². The van der Waals surface area contributed by atoms with Crippen LogP contribution in [0.5, 0.6) is 0 Å². The molecule has 9 nitrogen and oxygen atoms in total. The molecule has 2 heterocycles. The molecule has 2 aliphatic rings. The molecule has 27 heavy (non-hydrogen) atoms. The van der Waals surface area contributed by atoms with Crippen molar-refractivity contribution in [3.63, 3.8) is 0 Å². The Bertz CT molecular complexity index is 680. The van der Waals surface area contributed by atoms with E-state index in [9.17, 15) is 15.0 Å². The zero-order chi connectivity index (χ0) is 20.2. The summed E-state index contributed by atoms with van der Waals surface area (Å²) in [6, 6.07) is 0. The van der Waals surface area contributed by atoms with Crippen LogP contribution in [-0.4, -0.2) is 71.0 Å². The van der Waals surface area contributed by atoms with E-state index < -0.39 is 17.5 Å². The topological polar surface area (TPSA) is 127 Å². The molecular formula is C18H28N4O5. The molecule has 3 rings (SSSR count). The number of anilines is 2. The summed E-state index contributed by atoms with van der Waals surface area (Å²) in [5, 5.41) is 27.2. The second-order valence-electron chi connectivity index (χ2n) is 7.51. The van der Waals surface area contributed by atoms with Crippen LogP contribution in [0.4, 0.5) is 11.8 Å². The smallest absolute Gasteiger partial charge is 0.314 e. The van der Waals surface area contributed by atoms with Gasteiger partial charge in [0.05, 0.1) is 6.10 Å². The van der Waals surface area contributed by atoms with Gasteiger partial charge in [-0.15, -0.1) is 0 Å². The highest BCUT2D eigenvalue weighted by Crippen LogP contribution is 2.45. The lowest BCUT2D eigenvalue weighted by molar-refractivity contribution is -0.158. The lowest BCUT2D eigenvalue weighted by atomic mass is 9.73. The van der Waals surface area contributed by atoms with E-state index in [1.807, 2.05) is 30.8 Å². The van der Waals surface area contributed by atoms with Crippen molar-refractivity contribution in [2.75, 3.05) is 37.0 Å². The summed E-state index contributed by atoms with van der Waals surface area (Å²) in [6.07, 6.45) is 4.04. The van der Waals surface area contributed by atoms with Crippen LogP contribution < -0.4 is 9.80 Å². The van der Waals surface area contributed by atoms with Gasteiger partial charge in [-0.3, -0.25) is 9.59 Å². The molecule has 1 aromatic rings. The Morgan fingerprint density at radius 3 is 2.56 bits per heavy atom. The second kappa shape index (κ2) is 8.51. The molecule has 0 bridgehead atoms. The SMILES string of the molecule is Cc1cnc(N2CC[C@@H](O)[C@@](CC3CC3)(C(=O)O)C2)nc1N(C)C.O=CO. The molecule has 150 valence electrons. The van der Waals surface area contributed by atoms with Gasteiger partial charge in [-0.05, 0) is 25.7 Å². The molecule has 0 amide bonds. The average molecular weight is 380 g/mol. The summed E-state index contributed by atoms with van der Waals surface area (Å²) in [5.74, 6) is 0.880. The first-order valence-electron chi connectivity index (χ1n) is 9.00. The molecule has 2 fully saturated rings. The highest BCUT2D eigenvalue weighted by atomic mass is 16.4. The minimum absolute atomic E-state index is 0.250. The predicted octanol–water partition coefficient (Wildman–Crippen LogP) is 0.994. The molecule has 0 unspecified atom stereocenters. The van der Waals surface area contributed by atoms with Crippen molar-refractivity contribution in [2.24, 2.45) is 11.3 Å². The number of aromatic nitrogens is 2. The van der Waals surface area contributed by atoms with Crippen LogP contribution in [0, 0.1) is 18.3 Å².